The molecule has 0 radical (unpaired) electrons. The molecule has 0 amide bonds. The highest BCUT2D eigenvalue weighted by Gasteiger charge is 2.50. The van der Waals surface area contributed by atoms with Crippen molar-refractivity contribution in [2.45, 2.75) is 19.8 Å². The predicted molar refractivity (Wildman–Crippen MR) is 45.5 cm³/mol. The summed E-state index contributed by atoms with van der Waals surface area (Å²) in [5.74, 6) is 1.01. The molecule has 0 N–H and O–H groups in total. The van der Waals surface area contributed by atoms with Gasteiger partial charge in [-0.3, -0.25) is 4.79 Å². The highest BCUT2D eigenvalue weighted by molar-refractivity contribution is 5.78. The normalized spacial score (nSPS) is 43.5. The van der Waals surface area contributed by atoms with Crippen LogP contribution in [0.3, 0.4) is 0 Å². The van der Waals surface area contributed by atoms with Gasteiger partial charge < -0.3 is 4.74 Å². The molecule has 0 saturated heterocycles. The van der Waals surface area contributed by atoms with Crippen LogP contribution in [0.5, 0.6) is 0 Å². The van der Waals surface area contributed by atoms with Crippen LogP contribution in [-0.4, -0.2) is 13.1 Å². The first-order valence-electron chi connectivity index (χ1n) is 4.43. The Morgan fingerprint density at radius 2 is 2.33 bits per heavy atom. The van der Waals surface area contributed by atoms with Gasteiger partial charge in [0.2, 0.25) is 0 Å². The quantitative estimate of drug-likeness (QED) is 0.438. The molecule has 2 heteroatoms. The van der Waals surface area contributed by atoms with E-state index in [1.165, 1.54) is 7.11 Å². The Kier molecular flexibility index (Phi) is 1.53. The largest absolute Gasteiger partial charge is 0.469 e. The first kappa shape index (κ1) is 7.84. The average Bonchev–Trinajstić information content (AvgIpc) is 2.62. The van der Waals surface area contributed by atoms with E-state index < -0.39 is 0 Å². The lowest BCUT2D eigenvalue weighted by Crippen LogP contribution is -2.32. The van der Waals surface area contributed by atoms with Crippen LogP contribution in [0.1, 0.15) is 19.8 Å². The van der Waals surface area contributed by atoms with Crippen molar-refractivity contribution in [1.82, 2.24) is 0 Å². The molecule has 3 atom stereocenters. The Labute approximate surface area is 72.6 Å². The fourth-order valence-electron chi connectivity index (χ4n) is 2.56. The number of hydrogen-bond donors (Lipinski definition) is 0. The van der Waals surface area contributed by atoms with Crippen molar-refractivity contribution in [1.29, 1.82) is 0 Å². The van der Waals surface area contributed by atoms with Gasteiger partial charge >= 0.3 is 5.97 Å². The number of carbonyl (C=O) groups is 1. The van der Waals surface area contributed by atoms with Gasteiger partial charge in [0.1, 0.15) is 0 Å². The molecule has 0 heterocycles. The predicted octanol–water partition coefficient (Wildman–Crippen LogP) is 1.76. The number of ether oxygens (including phenoxy) is 1. The molecule has 2 rings (SSSR count). The minimum absolute atomic E-state index is 0.0423. The van der Waals surface area contributed by atoms with Crippen LogP contribution in [0, 0.1) is 17.3 Å². The van der Waals surface area contributed by atoms with Gasteiger partial charge in [-0.1, -0.05) is 12.2 Å². The minimum Gasteiger partial charge on any atom is -0.469 e. The summed E-state index contributed by atoms with van der Waals surface area (Å²) in [7, 11) is 1.48. The number of carbonyl (C=O) groups excluding carboxylic acids is 1. The summed E-state index contributed by atoms with van der Waals surface area (Å²) in [6, 6.07) is 0. The molecule has 0 aromatic carbocycles. The lowest BCUT2D eigenvalue weighted by molar-refractivity contribution is -0.153. The molecule has 0 aromatic rings. The maximum absolute atomic E-state index is 11.5. The van der Waals surface area contributed by atoms with E-state index >= 15 is 0 Å². The monoisotopic (exact) mass is 166 g/mol. The Bertz CT molecular complexity index is 244. The lowest BCUT2D eigenvalue weighted by atomic mass is 9.78. The van der Waals surface area contributed by atoms with Crippen LogP contribution in [-0.2, 0) is 9.53 Å². The summed E-state index contributed by atoms with van der Waals surface area (Å²) in [4.78, 5) is 11.5. The molecule has 1 fully saturated rings. The Morgan fingerprint density at radius 1 is 1.58 bits per heavy atom. The second-order valence-electron chi connectivity index (χ2n) is 4.10. The van der Waals surface area contributed by atoms with Crippen LogP contribution in [0.25, 0.3) is 0 Å². The number of esters is 1. The maximum Gasteiger partial charge on any atom is 0.312 e. The zero-order valence-corrected chi connectivity index (χ0v) is 7.54. The highest BCUT2D eigenvalue weighted by atomic mass is 16.5. The van der Waals surface area contributed by atoms with Crippen molar-refractivity contribution in [2.24, 2.45) is 17.3 Å². The number of fused-ring (bicyclic) bond motifs is 2. The number of rotatable bonds is 1. The third-order valence-corrected chi connectivity index (χ3v) is 3.33. The van der Waals surface area contributed by atoms with Crippen molar-refractivity contribution < 1.29 is 9.53 Å². The molecule has 0 unspecified atom stereocenters. The van der Waals surface area contributed by atoms with Gasteiger partial charge in [0.25, 0.3) is 0 Å². The molecule has 0 aromatic heterocycles. The third-order valence-electron chi connectivity index (χ3n) is 3.33. The van der Waals surface area contributed by atoms with Gasteiger partial charge in [-0.25, -0.2) is 0 Å². The fourth-order valence-corrected chi connectivity index (χ4v) is 2.56. The Balaban J connectivity index is 2.23. The molecular formula is C10H14O2. The van der Waals surface area contributed by atoms with Gasteiger partial charge in [0.15, 0.2) is 0 Å². The smallest absolute Gasteiger partial charge is 0.312 e. The number of methoxy groups -OCH3 is 1. The van der Waals surface area contributed by atoms with E-state index in [1.54, 1.807) is 0 Å². The molecule has 2 bridgehead atoms. The molecule has 2 aliphatic carbocycles. The van der Waals surface area contributed by atoms with E-state index in [4.69, 9.17) is 4.74 Å². The molecular weight excluding hydrogens is 152 g/mol. The Morgan fingerprint density at radius 3 is 2.75 bits per heavy atom. The standard InChI is InChI=1S/C10H14O2/c1-10(9(11)12-2)6-7-3-4-8(10)5-7/h3-4,7-8H,5-6H2,1-2H3/t7-,8-,10+/m0/s1. The number of allylic oxidation sites excluding steroid dienone is 2. The molecule has 2 nitrogen and oxygen atoms in total. The highest BCUT2D eigenvalue weighted by Crippen LogP contribution is 2.52. The maximum atomic E-state index is 11.5. The van der Waals surface area contributed by atoms with Crippen molar-refractivity contribution in [3.8, 4) is 0 Å². The van der Waals surface area contributed by atoms with Crippen LogP contribution < -0.4 is 0 Å². The zero-order valence-electron chi connectivity index (χ0n) is 7.54. The fraction of sp³-hybridized carbons (Fsp3) is 0.700. The van der Waals surface area contributed by atoms with Crippen molar-refractivity contribution in [3.63, 3.8) is 0 Å². The van der Waals surface area contributed by atoms with Crippen LogP contribution >= 0.6 is 0 Å². The second-order valence-corrected chi connectivity index (χ2v) is 4.10. The van der Waals surface area contributed by atoms with Gasteiger partial charge in [-0.2, -0.15) is 0 Å². The molecule has 66 valence electrons. The first-order valence-corrected chi connectivity index (χ1v) is 4.43. The first-order chi connectivity index (χ1) is 5.66. The average molecular weight is 166 g/mol. The molecule has 12 heavy (non-hydrogen) atoms. The summed E-state index contributed by atoms with van der Waals surface area (Å²) in [5, 5.41) is 0. The minimum atomic E-state index is -0.228. The van der Waals surface area contributed by atoms with E-state index in [0.29, 0.717) is 11.8 Å². The van der Waals surface area contributed by atoms with Gasteiger partial charge in [-0.15, -0.1) is 0 Å². The van der Waals surface area contributed by atoms with E-state index in [1.807, 2.05) is 6.92 Å². The van der Waals surface area contributed by atoms with Crippen LogP contribution in [0.15, 0.2) is 12.2 Å². The summed E-state index contributed by atoms with van der Waals surface area (Å²) < 4.78 is 4.82. The summed E-state index contributed by atoms with van der Waals surface area (Å²) in [5.41, 5.74) is -0.228. The topological polar surface area (TPSA) is 26.3 Å². The van der Waals surface area contributed by atoms with Crippen molar-refractivity contribution in [2.75, 3.05) is 7.11 Å². The van der Waals surface area contributed by atoms with E-state index in [0.717, 1.165) is 12.8 Å². The molecule has 0 spiro atoms. The molecule has 1 saturated carbocycles. The summed E-state index contributed by atoms with van der Waals surface area (Å²) in [6.07, 6.45) is 6.52. The van der Waals surface area contributed by atoms with E-state index in [-0.39, 0.29) is 11.4 Å². The van der Waals surface area contributed by atoms with Gasteiger partial charge in [-0.05, 0) is 31.6 Å². The zero-order chi connectivity index (χ0) is 8.77. The third kappa shape index (κ3) is 0.838. The van der Waals surface area contributed by atoms with Crippen LogP contribution in [0.4, 0.5) is 0 Å². The van der Waals surface area contributed by atoms with Gasteiger partial charge in [0, 0.05) is 0 Å². The van der Waals surface area contributed by atoms with Crippen molar-refractivity contribution >= 4 is 5.97 Å². The van der Waals surface area contributed by atoms with Crippen molar-refractivity contribution in [3.05, 3.63) is 12.2 Å². The van der Waals surface area contributed by atoms with E-state index in [9.17, 15) is 4.79 Å². The summed E-state index contributed by atoms with van der Waals surface area (Å²) >= 11 is 0. The lowest BCUT2D eigenvalue weighted by Gasteiger charge is -2.27. The molecule has 0 aliphatic heterocycles. The summed E-state index contributed by atoms with van der Waals surface area (Å²) in [6.45, 7) is 2.02. The van der Waals surface area contributed by atoms with Crippen LogP contribution in [0.2, 0.25) is 0 Å². The SMILES string of the molecule is COC(=O)[C@]1(C)C[C@H]2C=C[C@H]1C2. The second kappa shape index (κ2) is 2.35. The Hall–Kier alpha value is -0.790. The number of hydrogen-bond acceptors (Lipinski definition) is 2. The van der Waals surface area contributed by atoms with Gasteiger partial charge in [0.05, 0.1) is 12.5 Å². The van der Waals surface area contributed by atoms with E-state index in [2.05, 4.69) is 12.2 Å². The molecule has 2 aliphatic rings.